The molecule has 0 aromatic heterocycles. The zero-order valence-electron chi connectivity index (χ0n) is 11.1. The Labute approximate surface area is 121 Å². The van der Waals surface area contributed by atoms with Crippen LogP contribution in [0, 0.1) is 10.1 Å². The molecule has 0 saturated heterocycles. The molecule has 0 unspecified atom stereocenters. The minimum atomic E-state index is -1.14. The number of carboxylic acids is 1. The molecular weight excluding hydrogens is 272 g/mol. The summed E-state index contributed by atoms with van der Waals surface area (Å²) in [5, 5.41) is 19.8. The molecule has 0 amide bonds. The third-order valence-electron chi connectivity index (χ3n) is 3.14. The van der Waals surface area contributed by atoms with Gasteiger partial charge in [-0.3, -0.25) is 14.9 Å². The third kappa shape index (κ3) is 3.43. The smallest absolute Gasteiger partial charge is 0.320 e. The van der Waals surface area contributed by atoms with E-state index < -0.39 is 16.9 Å². The highest BCUT2D eigenvalue weighted by Gasteiger charge is 2.18. The van der Waals surface area contributed by atoms with Crippen molar-refractivity contribution >= 4 is 11.7 Å². The van der Waals surface area contributed by atoms with Gasteiger partial charge < -0.3 is 10.8 Å². The van der Waals surface area contributed by atoms with E-state index in [0.717, 1.165) is 11.1 Å². The molecule has 3 N–H and O–H groups in total. The van der Waals surface area contributed by atoms with Gasteiger partial charge in [0.15, 0.2) is 0 Å². The summed E-state index contributed by atoms with van der Waals surface area (Å²) in [5.41, 5.74) is 7.63. The first-order chi connectivity index (χ1) is 9.99. The van der Waals surface area contributed by atoms with Gasteiger partial charge in [0.1, 0.15) is 6.04 Å². The molecule has 2 aromatic carbocycles. The number of hydrogen-bond donors (Lipinski definition) is 2. The maximum Gasteiger partial charge on any atom is 0.320 e. The molecule has 0 heterocycles. The van der Waals surface area contributed by atoms with E-state index in [4.69, 9.17) is 10.8 Å². The van der Waals surface area contributed by atoms with Crippen molar-refractivity contribution in [2.45, 2.75) is 12.5 Å². The second-order valence-electron chi connectivity index (χ2n) is 4.61. The topological polar surface area (TPSA) is 106 Å². The highest BCUT2D eigenvalue weighted by molar-refractivity contribution is 5.75. The van der Waals surface area contributed by atoms with Crippen LogP contribution in [0.3, 0.4) is 0 Å². The van der Waals surface area contributed by atoms with Crippen molar-refractivity contribution in [3.05, 3.63) is 64.2 Å². The van der Waals surface area contributed by atoms with E-state index in [1.165, 1.54) is 12.1 Å². The Hall–Kier alpha value is -2.73. The number of nitro groups is 1. The van der Waals surface area contributed by atoms with Crippen LogP contribution in [0.2, 0.25) is 0 Å². The van der Waals surface area contributed by atoms with E-state index in [9.17, 15) is 14.9 Å². The minimum Gasteiger partial charge on any atom is -0.480 e. The lowest BCUT2D eigenvalue weighted by molar-refractivity contribution is -0.384. The fourth-order valence-corrected chi connectivity index (χ4v) is 2.09. The standard InChI is InChI=1S/C15H14N2O4/c16-14(15(18)19)9-11-8-12(17(20)21)6-7-13(11)10-4-2-1-3-5-10/h1-8,14H,9,16H2,(H,18,19)/t14-/m0/s1. The summed E-state index contributed by atoms with van der Waals surface area (Å²) in [6, 6.07) is 12.6. The number of carbonyl (C=O) groups is 1. The molecule has 108 valence electrons. The largest absolute Gasteiger partial charge is 0.480 e. The Kier molecular flexibility index (Phi) is 4.30. The average Bonchev–Trinajstić information content (AvgIpc) is 2.47. The predicted molar refractivity (Wildman–Crippen MR) is 77.8 cm³/mol. The SMILES string of the molecule is N[C@@H](Cc1cc([N+](=O)[O-])ccc1-c1ccccc1)C(=O)O. The fourth-order valence-electron chi connectivity index (χ4n) is 2.09. The van der Waals surface area contributed by atoms with Crippen LogP contribution in [-0.2, 0) is 11.2 Å². The van der Waals surface area contributed by atoms with Crippen molar-refractivity contribution in [3.63, 3.8) is 0 Å². The quantitative estimate of drug-likeness (QED) is 0.647. The van der Waals surface area contributed by atoms with Crippen LogP contribution in [0.4, 0.5) is 5.69 Å². The van der Waals surface area contributed by atoms with Crippen molar-refractivity contribution in [2.75, 3.05) is 0 Å². The number of non-ortho nitro benzene ring substituents is 1. The van der Waals surface area contributed by atoms with Crippen molar-refractivity contribution in [2.24, 2.45) is 5.73 Å². The van der Waals surface area contributed by atoms with Gasteiger partial charge in [0.2, 0.25) is 0 Å². The highest BCUT2D eigenvalue weighted by Crippen LogP contribution is 2.28. The lowest BCUT2D eigenvalue weighted by atomic mass is 9.95. The van der Waals surface area contributed by atoms with E-state index in [1.807, 2.05) is 30.3 Å². The van der Waals surface area contributed by atoms with Gasteiger partial charge in [-0.1, -0.05) is 30.3 Å². The maximum absolute atomic E-state index is 10.9. The number of nitro benzene ring substituents is 1. The van der Waals surface area contributed by atoms with Crippen molar-refractivity contribution in [1.82, 2.24) is 0 Å². The van der Waals surface area contributed by atoms with Crippen molar-refractivity contribution < 1.29 is 14.8 Å². The molecule has 0 bridgehead atoms. The van der Waals surface area contributed by atoms with Gasteiger partial charge in [-0.05, 0) is 29.2 Å². The van der Waals surface area contributed by atoms with Crippen LogP contribution in [0.15, 0.2) is 48.5 Å². The summed E-state index contributed by atoms with van der Waals surface area (Å²) in [4.78, 5) is 21.3. The molecule has 1 atom stereocenters. The molecule has 0 radical (unpaired) electrons. The number of carboxylic acid groups (broad SMARTS) is 1. The molecule has 21 heavy (non-hydrogen) atoms. The van der Waals surface area contributed by atoms with Crippen molar-refractivity contribution in [3.8, 4) is 11.1 Å². The molecule has 0 aliphatic rings. The van der Waals surface area contributed by atoms with Gasteiger partial charge in [-0.15, -0.1) is 0 Å². The Bertz CT molecular complexity index is 671. The summed E-state index contributed by atoms with van der Waals surface area (Å²) in [6.07, 6.45) is 0.0290. The minimum absolute atomic E-state index is 0.0290. The number of rotatable bonds is 5. The molecule has 0 fully saturated rings. The molecule has 0 aliphatic heterocycles. The Balaban J connectivity index is 2.49. The Morgan fingerprint density at radius 3 is 2.48 bits per heavy atom. The van der Waals surface area contributed by atoms with Crippen LogP contribution in [0.25, 0.3) is 11.1 Å². The lowest BCUT2D eigenvalue weighted by Crippen LogP contribution is -2.32. The normalized spacial score (nSPS) is 11.9. The summed E-state index contributed by atoms with van der Waals surface area (Å²) < 4.78 is 0. The lowest BCUT2D eigenvalue weighted by Gasteiger charge is -2.12. The molecule has 2 rings (SSSR count). The molecule has 0 spiro atoms. The summed E-state index contributed by atoms with van der Waals surface area (Å²) in [6.45, 7) is 0. The van der Waals surface area contributed by atoms with Gasteiger partial charge in [0.05, 0.1) is 4.92 Å². The van der Waals surface area contributed by atoms with Crippen molar-refractivity contribution in [1.29, 1.82) is 0 Å². The zero-order chi connectivity index (χ0) is 15.4. The average molecular weight is 286 g/mol. The van der Waals surface area contributed by atoms with E-state index >= 15 is 0 Å². The first-order valence-corrected chi connectivity index (χ1v) is 6.30. The number of hydrogen-bond acceptors (Lipinski definition) is 4. The molecule has 0 aliphatic carbocycles. The van der Waals surface area contributed by atoms with Crippen LogP contribution in [0.5, 0.6) is 0 Å². The second kappa shape index (κ2) is 6.15. The van der Waals surface area contributed by atoms with E-state index in [1.54, 1.807) is 6.07 Å². The monoisotopic (exact) mass is 286 g/mol. The van der Waals surface area contributed by atoms with Crippen LogP contribution < -0.4 is 5.73 Å². The second-order valence-corrected chi connectivity index (χ2v) is 4.61. The maximum atomic E-state index is 10.9. The molecule has 2 aromatic rings. The van der Waals surface area contributed by atoms with Gasteiger partial charge in [0.25, 0.3) is 5.69 Å². The summed E-state index contributed by atoms with van der Waals surface area (Å²) in [7, 11) is 0. The van der Waals surface area contributed by atoms with E-state index in [0.29, 0.717) is 5.56 Å². The molecule has 0 saturated carbocycles. The highest BCUT2D eigenvalue weighted by atomic mass is 16.6. The number of nitrogens with two attached hydrogens (primary N) is 1. The first kappa shape index (κ1) is 14.7. The Morgan fingerprint density at radius 1 is 1.24 bits per heavy atom. The van der Waals surface area contributed by atoms with Crippen LogP contribution in [0.1, 0.15) is 5.56 Å². The predicted octanol–water partition coefficient (Wildman–Crippen LogP) is 2.22. The van der Waals surface area contributed by atoms with Crippen LogP contribution in [-0.4, -0.2) is 22.0 Å². The number of nitrogens with zero attached hydrogens (tertiary/aromatic N) is 1. The Morgan fingerprint density at radius 2 is 1.90 bits per heavy atom. The van der Waals surface area contributed by atoms with Gasteiger partial charge in [-0.2, -0.15) is 0 Å². The fraction of sp³-hybridized carbons (Fsp3) is 0.133. The van der Waals surface area contributed by atoms with Gasteiger partial charge in [0, 0.05) is 12.1 Å². The molecular formula is C15H14N2O4. The number of aliphatic carboxylic acids is 1. The number of benzene rings is 2. The molecule has 6 heteroatoms. The zero-order valence-corrected chi connectivity index (χ0v) is 11.1. The summed E-state index contributed by atoms with van der Waals surface area (Å²) >= 11 is 0. The third-order valence-corrected chi connectivity index (χ3v) is 3.14. The van der Waals surface area contributed by atoms with Gasteiger partial charge >= 0.3 is 5.97 Å². The van der Waals surface area contributed by atoms with Crippen LogP contribution >= 0.6 is 0 Å². The molecule has 6 nitrogen and oxygen atoms in total. The van der Waals surface area contributed by atoms with E-state index in [2.05, 4.69) is 0 Å². The first-order valence-electron chi connectivity index (χ1n) is 6.30. The van der Waals surface area contributed by atoms with E-state index in [-0.39, 0.29) is 12.1 Å². The summed E-state index contributed by atoms with van der Waals surface area (Å²) in [5.74, 6) is -1.14. The van der Waals surface area contributed by atoms with Gasteiger partial charge in [-0.25, -0.2) is 0 Å².